The first-order valence-corrected chi connectivity index (χ1v) is 9.87. The Morgan fingerprint density at radius 2 is 1.85 bits per heavy atom. The van der Waals surface area contributed by atoms with Crippen molar-refractivity contribution in [1.82, 2.24) is 15.0 Å². The molecule has 2 rings (SSSR count). The fourth-order valence-corrected chi connectivity index (χ4v) is 2.88. The average Bonchev–Trinajstić information content (AvgIpc) is 2.76. The number of rotatable bonds is 8. The molecule has 11 nitrogen and oxygen atoms in total. The first kappa shape index (κ1) is 26.0. The lowest BCUT2D eigenvalue weighted by atomic mass is 10.1. The molecule has 1 aromatic rings. The first-order valence-electron chi connectivity index (χ1n) is 9.49. The number of hydrogen-bond donors (Lipinski definition) is 2. The van der Waals surface area contributed by atoms with Crippen molar-refractivity contribution in [3.8, 4) is 5.75 Å². The number of alkyl halides is 3. The Labute approximate surface area is 191 Å². The fourth-order valence-electron chi connectivity index (χ4n) is 2.65. The number of ether oxygens (including phenoxy) is 1. The van der Waals surface area contributed by atoms with Crippen molar-refractivity contribution in [3.63, 3.8) is 0 Å². The molecular weight excluding hydrogens is 475 g/mol. The van der Waals surface area contributed by atoms with Crippen LogP contribution in [-0.2, 0) is 19.3 Å². The highest BCUT2D eigenvalue weighted by Crippen LogP contribution is 2.23. The van der Waals surface area contributed by atoms with E-state index in [2.05, 4.69) is 4.84 Å². The van der Waals surface area contributed by atoms with Crippen molar-refractivity contribution >= 4 is 35.8 Å². The predicted octanol–water partition coefficient (Wildman–Crippen LogP) is 1.17. The summed E-state index contributed by atoms with van der Waals surface area (Å²) in [4.78, 5) is 46.0. The van der Waals surface area contributed by atoms with Crippen LogP contribution < -0.4 is 10.5 Å². The molecule has 0 saturated carbocycles. The van der Waals surface area contributed by atoms with Crippen LogP contribution in [-0.4, -0.2) is 84.8 Å². The molecule has 0 radical (unpaired) electrons. The van der Waals surface area contributed by atoms with Gasteiger partial charge in [-0.1, -0.05) is 11.6 Å². The lowest BCUT2D eigenvalue weighted by Crippen LogP contribution is -2.48. The second-order valence-electron chi connectivity index (χ2n) is 6.66. The number of nitrogens with two attached hydrogens (primary N) is 1. The third kappa shape index (κ3) is 7.98. The third-order valence-electron chi connectivity index (χ3n) is 4.23. The Kier molecular flexibility index (Phi) is 9.11. The van der Waals surface area contributed by atoms with Gasteiger partial charge in [-0.3, -0.25) is 15.0 Å². The van der Waals surface area contributed by atoms with Crippen LogP contribution in [0, 0.1) is 5.41 Å². The van der Waals surface area contributed by atoms with E-state index in [1.807, 2.05) is 0 Å². The highest BCUT2D eigenvalue weighted by molar-refractivity contribution is 6.31. The number of halogens is 4. The van der Waals surface area contributed by atoms with Crippen LogP contribution in [0.2, 0.25) is 5.02 Å². The number of carbonyl (C=O) groups is 3. The first-order chi connectivity index (χ1) is 15.5. The van der Waals surface area contributed by atoms with Gasteiger partial charge in [0.15, 0.2) is 0 Å². The van der Waals surface area contributed by atoms with Crippen LogP contribution in [0.15, 0.2) is 18.2 Å². The second-order valence-corrected chi connectivity index (χ2v) is 7.10. The van der Waals surface area contributed by atoms with Crippen LogP contribution in [0.3, 0.4) is 0 Å². The van der Waals surface area contributed by atoms with Gasteiger partial charge in [-0.25, -0.2) is 9.63 Å². The number of benzene rings is 1. The van der Waals surface area contributed by atoms with Gasteiger partial charge in [0.05, 0.1) is 13.2 Å². The van der Waals surface area contributed by atoms with Crippen molar-refractivity contribution in [2.45, 2.75) is 12.6 Å². The Balaban J connectivity index is 1.85. The van der Waals surface area contributed by atoms with Crippen molar-refractivity contribution in [2.24, 2.45) is 5.73 Å². The SMILES string of the molecule is N=C(N)N(OCCCOc1cc(Cl)cc(C(=O)N2CCN(C=O)CC2)c1)OC(=O)C(F)(F)F. The van der Waals surface area contributed by atoms with E-state index < -0.39 is 18.1 Å². The standard InChI is InChI=1S/C18H21ClF3N5O6/c19-13-8-12(15(29)26-4-2-25(11-28)3-5-26)9-14(10-13)31-6-1-7-32-27(17(23)24)33-16(30)18(20,21)22/h8-11H,1-7H2,(H3,23,24). The van der Waals surface area contributed by atoms with E-state index in [0.717, 1.165) is 6.41 Å². The molecule has 0 aliphatic carbocycles. The summed E-state index contributed by atoms with van der Waals surface area (Å²) in [7, 11) is 0. The van der Waals surface area contributed by atoms with E-state index in [0.29, 0.717) is 26.2 Å². The van der Waals surface area contributed by atoms with E-state index >= 15 is 0 Å². The largest absolute Gasteiger partial charge is 0.493 e. The van der Waals surface area contributed by atoms with Gasteiger partial charge in [0.1, 0.15) is 5.75 Å². The lowest BCUT2D eigenvalue weighted by Gasteiger charge is -2.32. The summed E-state index contributed by atoms with van der Waals surface area (Å²) in [5.41, 5.74) is 5.30. The molecule has 1 aliphatic rings. The van der Waals surface area contributed by atoms with Crippen LogP contribution in [0.25, 0.3) is 0 Å². The Morgan fingerprint density at radius 3 is 2.42 bits per heavy atom. The van der Waals surface area contributed by atoms with Gasteiger partial charge >= 0.3 is 12.1 Å². The van der Waals surface area contributed by atoms with Crippen LogP contribution >= 0.6 is 11.6 Å². The van der Waals surface area contributed by atoms with Gasteiger partial charge in [-0.05, 0) is 23.4 Å². The molecule has 1 saturated heterocycles. The number of guanidine groups is 1. The zero-order chi connectivity index (χ0) is 24.6. The van der Waals surface area contributed by atoms with Gasteiger partial charge in [-0.15, -0.1) is 0 Å². The van der Waals surface area contributed by atoms with Crippen molar-refractivity contribution in [2.75, 3.05) is 39.4 Å². The Morgan fingerprint density at radius 1 is 1.18 bits per heavy atom. The van der Waals surface area contributed by atoms with Gasteiger partial charge in [0, 0.05) is 43.2 Å². The molecule has 1 heterocycles. The minimum atomic E-state index is -5.29. The monoisotopic (exact) mass is 495 g/mol. The molecule has 0 unspecified atom stereocenters. The molecule has 3 N–H and O–H groups in total. The number of hydrogen-bond acceptors (Lipinski definition) is 7. The highest BCUT2D eigenvalue weighted by Gasteiger charge is 2.43. The third-order valence-corrected chi connectivity index (χ3v) is 4.45. The van der Waals surface area contributed by atoms with E-state index in [1.165, 1.54) is 18.2 Å². The van der Waals surface area contributed by atoms with Gasteiger partial charge < -0.3 is 25.1 Å². The summed E-state index contributed by atoms with van der Waals surface area (Å²) in [6, 6.07) is 4.43. The van der Waals surface area contributed by atoms with Crippen LogP contribution in [0.1, 0.15) is 16.8 Å². The molecule has 1 aliphatic heterocycles. The summed E-state index contributed by atoms with van der Waals surface area (Å²) in [6.45, 7) is 1.29. The normalized spacial score (nSPS) is 13.9. The van der Waals surface area contributed by atoms with Gasteiger partial charge in [0.2, 0.25) is 6.41 Å². The van der Waals surface area contributed by atoms with Crippen molar-refractivity contribution in [3.05, 3.63) is 28.8 Å². The minimum Gasteiger partial charge on any atom is -0.493 e. The van der Waals surface area contributed by atoms with Crippen molar-refractivity contribution < 1.29 is 42.0 Å². The number of carbonyl (C=O) groups excluding carboxylic acids is 3. The fraction of sp³-hybridized carbons (Fsp3) is 0.444. The number of nitrogens with zero attached hydrogens (tertiary/aromatic N) is 3. The molecule has 0 spiro atoms. The smallest absolute Gasteiger partial charge is 0.493 e. The number of hydroxylamine groups is 2. The Hall–Kier alpha value is -3.26. The maximum Gasteiger partial charge on any atom is 0.493 e. The highest BCUT2D eigenvalue weighted by atomic mass is 35.5. The number of amides is 2. The van der Waals surface area contributed by atoms with Crippen LogP contribution in [0.4, 0.5) is 13.2 Å². The molecule has 1 fully saturated rings. The quantitative estimate of drug-likeness (QED) is 0.180. The maximum absolute atomic E-state index is 12.7. The van der Waals surface area contributed by atoms with E-state index in [-0.39, 0.29) is 47.1 Å². The summed E-state index contributed by atoms with van der Waals surface area (Å²) in [6.07, 6.45) is -4.46. The Bertz CT molecular complexity index is 880. The van der Waals surface area contributed by atoms with Gasteiger partial charge in [-0.2, -0.15) is 13.2 Å². The van der Waals surface area contributed by atoms with Gasteiger partial charge in [0.25, 0.3) is 11.9 Å². The number of nitrogens with one attached hydrogen (secondary N) is 1. The molecule has 33 heavy (non-hydrogen) atoms. The maximum atomic E-state index is 12.7. The zero-order valence-corrected chi connectivity index (χ0v) is 17.9. The molecule has 15 heteroatoms. The van der Waals surface area contributed by atoms with E-state index in [4.69, 9.17) is 32.3 Å². The predicted molar refractivity (Wildman–Crippen MR) is 107 cm³/mol. The number of piperazine rings is 1. The average molecular weight is 496 g/mol. The van der Waals surface area contributed by atoms with E-state index in [9.17, 15) is 27.6 Å². The summed E-state index contributed by atoms with van der Waals surface area (Å²) in [5, 5.41) is 7.18. The second kappa shape index (κ2) is 11.6. The molecule has 1 aromatic carbocycles. The molecule has 2 amide bonds. The molecule has 0 bridgehead atoms. The zero-order valence-electron chi connectivity index (χ0n) is 17.1. The lowest BCUT2D eigenvalue weighted by molar-refractivity contribution is -0.317. The summed E-state index contributed by atoms with van der Waals surface area (Å²) < 4.78 is 42.2. The van der Waals surface area contributed by atoms with E-state index in [1.54, 1.807) is 9.80 Å². The van der Waals surface area contributed by atoms with Crippen molar-refractivity contribution in [1.29, 1.82) is 5.41 Å². The molecule has 0 aromatic heterocycles. The topological polar surface area (TPSA) is 138 Å². The molecular formula is C18H21ClF3N5O6. The van der Waals surface area contributed by atoms with Crippen LogP contribution in [0.5, 0.6) is 5.75 Å². The minimum absolute atomic E-state index is 0.00898. The summed E-state index contributed by atoms with van der Waals surface area (Å²) in [5.74, 6) is -3.68. The summed E-state index contributed by atoms with van der Waals surface area (Å²) >= 11 is 6.07. The molecule has 0 atom stereocenters. The molecule has 182 valence electrons.